The van der Waals surface area contributed by atoms with E-state index in [-0.39, 0.29) is 11.8 Å². The molecule has 1 aromatic rings. The molecule has 0 radical (unpaired) electrons. The van der Waals surface area contributed by atoms with Crippen LogP contribution in [0, 0.1) is 5.82 Å². The smallest absolute Gasteiger partial charge is 0.304 e. The van der Waals surface area contributed by atoms with E-state index in [9.17, 15) is 14.3 Å². The third-order valence-electron chi connectivity index (χ3n) is 2.90. The summed E-state index contributed by atoms with van der Waals surface area (Å²) in [6.45, 7) is 0. The van der Waals surface area contributed by atoms with Crippen molar-refractivity contribution < 1.29 is 19.4 Å². The van der Waals surface area contributed by atoms with Gasteiger partial charge in [-0.2, -0.15) is 0 Å². The Morgan fingerprint density at radius 2 is 2.13 bits per heavy atom. The van der Waals surface area contributed by atoms with Crippen LogP contribution < -0.4 is 0 Å². The summed E-state index contributed by atoms with van der Waals surface area (Å²) in [6.07, 6.45) is 1.60. The lowest BCUT2D eigenvalue weighted by Gasteiger charge is -2.13. The highest BCUT2D eigenvalue weighted by Gasteiger charge is 2.46. The molecule has 0 aromatic heterocycles. The molecule has 1 fully saturated rings. The van der Waals surface area contributed by atoms with Crippen LogP contribution in [-0.2, 0) is 10.2 Å². The largest absolute Gasteiger partial charge is 0.505 e. The third kappa shape index (κ3) is 1.79. The van der Waals surface area contributed by atoms with Crippen molar-refractivity contribution in [1.82, 2.24) is 0 Å². The lowest BCUT2D eigenvalue weighted by molar-refractivity contribution is -0.137. The molecule has 0 saturated heterocycles. The van der Waals surface area contributed by atoms with Gasteiger partial charge in [-0.25, -0.2) is 4.39 Å². The number of phenolic OH excluding ortho intramolecular Hbond substituents is 1. The van der Waals surface area contributed by atoms with Gasteiger partial charge in [0.15, 0.2) is 11.6 Å². The van der Waals surface area contributed by atoms with Gasteiger partial charge in [0, 0.05) is 5.41 Å². The lowest BCUT2D eigenvalue weighted by Crippen LogP contribution is -2.12. The minimum Gasteiger partial charge on any atom is -0.505 e. The first kappa shape index (κ1) is 9.96. The Hall–Kier alpha value is -1.58. The first-order valence-electron chi connectivity index (χ1n) is 4.74. The first-order chi connectivity index (χ1) is 7.03. The third-order valence-corrected chi connectivity index (χ3v) is 2.90. The molecule has 1 saturated carbocycles. The number of benzene rings is 1. The highest BCUT2D eigenvalue weighted by Crippen LogP contribution is 2.51. The summed E-state index contributed by atoms with van der Waals surface area (Å²) in [7, 11) is 0. The quantitative estimate of drug-likeness (QED) is 0.802. The molecule has 2 rings (SSSR count). The average molecular weight is 210 g/mol. The normalized spacial score (nSPS) is 17.4. The molecule has 3 nitrogen and oxygen atoms in total. The van der Waals surface area contributed by atoms with Crippen LogP contribution in [0.3, 0.4) is 0 Å². The topological polar surface area (TPSA) is 57.5 Å². The van der Waals surface area contributed by atoms with Gasteiger partial charge in [0.25, 0.3) is 0 Å². The number of hydrogen-bond donors (Lipinski definition) is 2. The van der Waals surface area contributed by atoms with Gasteiger partial charge in [-0.05, 0) is 30.5 Å². The monoisotopic (exact) mass is 210 g/mol. The highest BCUT2D eigenvalue weighted by molar-refractivity contribution is 5.70. The fourth-order valence-corrected chi connectivity index (χ4v) is 1.85. The van der Waals surface area contributed by atoms with Gasteiger partial charge >= 0.3 is 5.97 Å². The Kier molecular flexibility index (Phi) is 2.14. The maximum atomic E-state index is 12.8. The summed E-state index contributed by atoms with van der Waals surface area (Å²) < 4.78 is 12.8. The second kappa shape index (κ2) is 3.22. The highest BCUT2D eigenvalue weighted by atomic mass is 19.1. The van der Waals surface area contributed by atoms with E-state index in [0.717, 1.165) is 12.8 Å². The van der Waals surface area contributed by atoms with Crippen molar-refractivity contribution in [3.8, 4) is 5.75 Å². The van der Waals surface area contributed by atoms with Gasteiger partial charge in [0.05, 0.1) is 6.42 Å². The molecule has 0 unspecified atom stereocenters. The van der Waals surface area contributed by atoms with Crippen molar-refractivity contribution in [3.63, 3.8) is 0 Å². The SMILES string of the molecule is O=C(O)CC1(c2ccc(F)c(O)c2)CC1. The standard InChI is InChI=1S/C11H11FO3/c12-8-2-1-7(5-9(8)13)11(3-4-11)6-10(14)15/h1-2,5,13H,3-4,6H2,(H,14,15). The van der Waals surface area contributed by atoms with Gasteiger partial charge < -0.3 is 10.2 Å². The molecule has 4 heteroatoms. The van der Waals surface area contributed by atoms with Crippen LogP contribution in [0.15, 0.2) is 18.2 Å². The summed E-state index contributed by atoms with van der Waals surface area (Å²) in [5.74, 6) is -1.95. The minimum atomic E-state index is -0.865. The number of halogens is 1. The number of carbonyl (C=O) groups is 1. The van der Waals surface area contributed by atoms with Crippen LogP contribution in [0.1, 0.15) is 24.8 Å². The molecule has 0 atom stereocenters. The number of carboxylic acid groups (broad SMARTS) is 1. The molecular formula is C11H11FO3. The second-order valence-electron chi connectivity index (χ2n) is 4.02. The van der Waals surface area contributed by atoms with Crippen molar-refractivity contribution in [2.24, 2.45) is 0 Å². The van der Waals surface area contributed by atoms with Crippen LogP contribution in [0.5, 0.6) is 5.75 Å². The molecule has 2 N–H and O–H groups in total. The molecule has 0 amide bonds. The average Bonchev–Trinajstić information content (AvgIpc) is 2.89. The number of carboxylic acids is 1. The minimum absolute atomic E-state index is 0.0398. The predicted octanol–water partition coefficient (Wildman–Crippen LogP) is 2.04. The second-order valence-corrected chi connectivity index (χ2v) is 4.02. The Bertz CT molecular complexity index is 410. The number of hydrogen-bond acceptors (Lipinski definition) is 2. The first-order valence-corrected chi connectivity index (χ1v) is 4.74. The van der Waals surface area contributed by atoms with E-state index in [1.54, 1.807) is 6.07 Å². The van der Waals surface area contributed by atoms with Crippen LogP contribution in [0.25, 0.3) is 0 Å². The molecule has 0 heterocycles. The molecule has 80 valence electrons. The Labute approximate surface area is 86.2 Å². The maximum Gasteiger partial charge on any atom is 0.304 e. The zero-order valence-corrected chi connectivity index (χ0v) is 8.03. The van der Waals surface area contributed by atoms with E-state index >= 15 is 0 Å². The summed E-state index contributed by atoms with van der Waals surface area (Å²) in [4.78, 5) is 10.6. The van der Waals surface area contributed by atoms with E-state index in [2.05, 4.69) is 0 Å². The number of phenols is 1. The number of rotatable bonds is 3. The Morgan fingerprint density at radius 1 is 1.47 bits per heavy atom. The molecular weight excluding hydrogens is 199 g/mol. The van der Waals surface area contributed by atoms with E-state index in [0.29, 0.717) is 5.56 Å². The van der Waals surface area contributed by atoms with Crippen molar-refractivity contribution in [2.45, 2.75) is 24.7 Å². The van der Waals surface area contributed by atoms with Crippen molar-refractivity contribution in [1.29, 1.82) is 0 Å². The van der Waals surface area contributed by atoms with E-state index in [4.69, 9.17) is 5.11 Å². The lowest BCUT2D eigenvalue weighted by atomic mass is 9.92. The fraction of sp³-hybridized carbons (Fsp3) is 0.364. The summed E-state index contributed by atoms with van der Waals surface area (Å²) >= 11 is 0. The van der Waals surface area contributed by atoms with E-state index in [1.165, 1.54) is 12.1 Å². The molecule has 0 spiro atoms. The summed E-state index contributed by atoms with van der Waals surface area (Å²) in [6, 6.07) is 4.04. The molecule has 15 heavy (non-hydrogen) atoms. The maximum absolute atomic E-state index is 12.8. The van der Waals surface area contributed by atoms with Gasteiger partial charge in [0.1, 0.15) is 0 Å². The fourth-order valence-electron chi connectivity index (χ4n) is 1.85. The zero-order valence-electron chi connectivity index (χ0n) is 8.03. The molecule has 0 aliphatic heterocycles. The van der Waals surface area contributed by atoms with Crippen molar-refractivity contribution in [3.05, 3.63) is 29.6 Å². The zero-order chi connectivity index (χ0) is 11.1. The summed E-state index contributed by atoms with van der Waals surface area (Å²) in [5.41, 5.74) is 0.334. The van der Waals surface area contributed by atoms with Crippen molar-refractivity contribution >= 4 is 5.97 Å². The number of aromatic hydroxyl groups is 1. The van der Waals surface area contributed by atoms with Crippen LogP contribution in [0.2, 0.25) is 0 Å². The van der Waals surface area contributed by atoms with Crippen LogP contribution >= 0.6 is 0 Å². The van der Waals surface area contributed by atoms with Gasteiger partial charge in [-0.15, -0.1) is 0 Å². The Morgan fingerprint density at radius 3 is 2.60 bits per heavy atom. The molecule has 0 bridgehead atoms. The van der Waals surface area contributed by atoms with E-state index < -0.39 is 17.5 Å². The Balaban J connectivity index is 2.29. The van der Waals surface area contributed by atoms with E-state index in [1.807, 2.05) is 0 Å². The van der Waals surface area contributed by atoms with Crippen LogP contribution in [0.4, 0.5) is 4.39 Å². The molecule has 1 aromatic carbocycles. The molecule has 1 aliphatic carbocycles. The van der Waals surface area contributed by atoms with Gasteiger partial charge in [0.2, 0.25) is 0 Å². The number of aliphatic carboxylic acids is 1. The van der Waals surface area contributed by atoms with Crippen molar-refractivity contribution in [2.75, 3.05) is 0 Å². The van der Waals surface area contributed by atoms with Gasteiger partial charge in [-0.3, -0.25) is 4.79 Å². The summed E-state index contributed by atoms with van der Waals surface area (Å²) in [5, 5.41) is 17.9. The van der Waals surface area contributed by atoms with Gasteiger partial charge in [-0.1, -0.05) is 6.07 Å². The predicted molar refractivity (Wildman–Crippen MR) is 51.2 cm³/mol. The molecule has 1 aliphatic rings. The van der Waals surface area contributed by atoms with Crippen LogP contribution in [-0.4, -0.2) is 16.2 Å².